The molecule has 1 heterocycles. The van der Waals surface area contributed by atoms with Crippen molar-refractivity contribution in [2.45, 2.75) is 12.6 Å². The number of ether oxygens (including phenoxy) is 1. The number of rotatable bonds is 2. The minimum Gasteiger partial charge on any atom is -0.389 e. The molecule has 0 spiro atoms. The van der Waals surface area contributed by atoms with Crippen molar-refractivity contribution in [3.63, 3.8) is 0 Å². The Kier molecular flexibility index (Phi) is 3.88. The van der Waals surface area contributed by atoms with Gasteiger partial charge in [-0.2, -0.15) is 0 Å². The monoisotopic (exact) mass is 225 g/mol. The minimum absolute atomic E-state index is 0.218. The van der Waals surface area contributed by atoms with E-state index in [2.05, 4.69) is 4.90 Å². The van der Waals surface area contributed by atoms with E-state index in [0.717, 1.165) is 12.1 Å². The van der Waals surface area contributed by atoms with Gasteiger partial charge in [0.25, 0.3) is 0 Å². The zero-order valence-corrected chi connectivity index (χ0v) is 9.10. The van der Waals surface area contributed by atoms with Crippen molar-refractivity contribution < 1.29 is 14.2 Å². The topological polar surface area (TPSA) is 32.7 Å². The van der Waals surface area contributed by atoms with Crippen LogP contribution in [0, 0.1) is 5.82 Å². The van der Waals surface area contributed by atoms with Crippen molar-refractivity contribution >= 4 is 0 Å². The molecule has 1 aromatic rings. The zero-order chi connectivity index (χ0) is 11.4. The van der Waals surface area contributed by atoms with Crippen LogP contribution in [0.2, 0.25) is 0 Å². The van der Waals surface area contributed by atoms with Crippen molar-refractivity contribution in [3.8, 4) is 0 Å². The van der Waals surface area contributed by atoms with Crippen LogP contribution in [0.25, 0.3) is 0 Å². The standard InChI is InChI=1S/C12H16FNO2/c13-11-3-1-2-10(6-11)7-14-4-5-16-9-12(15)8-14/h1-3,6,12,15H,4-5,7-9H2/t12-/m1/s1. The van der Waals surface area contributed by atoms with E-state index < -0.39 is 6.10 Å². The summed E-state index contributed by atoms with van der Waals surface area (Å²) < 4.78 is 18.2. The van der Waals surface area contributed by atoms with Crippen LogP contribution in [0.4, 0.5) is 4.39 Å². The summed E-state index contributed by atoms with van der Waals surface area (Å²) in [6.45, 7) is 3.01. The Morgan fingerprint density at radius 1 is 1.50 bits per heavy atom. The minimum atomic E-state index is -0.448. The molecule has 3 nitrogen and oxygen atoms in total. The van der Waals surface area contributed by atoms with Gasteiger partial charge in [0.05, 0.1) is 19.3 Å². The lowest BCUT2D eigenvalue weighted by molar-refractivity contribution is 0.0562. The van der Waals surface area contributed by atoms with E-state index in [1.165, 1.54) is 12.1 Å². The normalized spacial score (nSPS) is 23.0. The molecule has 0 aliphatic carbocycles. The summed E-state index contributed by atoms with van der Waals surface area (Å²) in [6, 6.07) is 6.55. The molecule has 1 fully saturated rings. The van der Waals surface area contributed by atoms with Gasteiger partial charge < -0.3 is 9.84 Å². The quantitative estimate of drug-likeness (QED) is 0.815. The van der Waals surface area contributed by atoms with Gasteiger partial charge in [0, 0.05) is 19.6 Å². The van der Waals surface area contributed by atoms with Gasteiger partial charge in [0.15, 0.2) is 0 Å². The molecule has 2 rings (SSSR count). The number of nitrogens with zero attached hydrogens (tertiary/aromatic N) is 1. The fourth-order valence-corrected chi connectivity index (χ4v) is 1.89. The summed E-state index contributed by atoms with van der Waals surface area (Å²) in [5.41, 5.74) is 0.925. The molecule has 0 amide bonds. The molecule has 1 N–H and O–H groups in total. The maximum absolute atomic E-state index is 13.0. The summed E-state index contributed by atoms with van der Waals surface area (Å²) >= 11 is 0. The maximum atomic E-state index is 13.0. The molecular weight excluding hydrogens is 209 g/mol. The first-order chi connectivity index (χ1) is 7.74. The highest BCUT2D eigenvalue weighted by Crippen LogP contribution is 2.09. The molecular formula is C12H16FNO2. The van der Waals surface area contributed by atoms with Crippen molar-refractivity contribution in [2.24, 2.45) is 0 Å². The maximum Gasteiger partial charge on any atom is 0.123 e. The van der Waals surface area contributed by atoms with Gasteiger partial charge in [0.2, 0.25) is 0 Å². The number of halogens is 1. The average molecular weight is 225 g/mol. The molecule has 1 aromatic carbocycles. The smallest absolute Gasteiger partial charge is 0.123 e. The molecule has 88 valence electrons. The molecule has 0 bridgehead atoms. The van der Waals surface area contributed by atoms with Gasteiger partial charge >= 0.3 is 0 Å². The number of hydrogen-bond acceptors (Lipinski definition) is 3. The van der Waals surface area contributed by atoms with Gasteiger partial charge in [-0.05, 0) is 17.7 Å². The van der Waals surface area contributed by atoms with Gasteiger partial charge in [-0.1, -0.05) is 12.1 Å². The number of benzene rings is 1. The first-order valence-electron chi connectivity index (χ1n) is 5.46. The SMILES string of the molecule is O[C@H]1COCCN(Cc2cccc(F)c2)C1. The molecule has 0 aromatic heterocycles. The molecule has 1 saturated heterocycles. The highest BCUT2D eigenvalue weighted by molar-refractivity contribution is 5.16. The van der Waals surface area contributed by atoms with Crippen LogP contribution < -0.4 is 0 Å². The third-order valence-corrected chi connectivity index (χ3v) is 2.63. The summed E-state index contributed by atoms with van der Waals surface area (Å²) in [4.78, 5) is 2.08. The second-order valence-electron chi connectivity index (χ2n) is 4.09. The lowest BCUT2D eigenvalue weighted by atomic mass is 10.2. The van der Waals surface area contributed by atoms with Crippen LogP contribution >= 0.6 is 0 Å². The molecule has 0 unspecified atom stereocenters. The lowest BCUT2D eigenvalue weighted by Crippen LogP contribution is -2.32. The second kappa shape index (κ2) is 5.39. The summed E-state index contributed by atoms with van der Waals surface area (Å²) in [6.07, 6.45) is -0.448. The van der Waals surface area contributed by atoms with Crippen molar-refractivity contribution in [1.82, 2.24) is 4.90 Å². The molecule has 1 aliphatic heterocycles. The number of aliphatic hydroxyl groups excluding tert-OH is 1. The highest BCUT2D eigenvalue weighted by Gasteiger charge is 2.16. The molecule has 4 heteroatoms. The van der Waals surface area contributed by atoms with E-state index in [4.69, 9.17) is 4.74 Å². The number of aliphatic hydroxyl groups is 1. The van der Waals surface area contributed by atoms with E-state index in [1.54, 1.807) is 6.07 Å². The van der Waals surface area contributed by atoms with E-state index in [0.29, 0.717) is 26.3 Å². The highest BCUT2D eigenvalue weighted by atomic mass is 19.1. The van der Waals surface area contributed by atoms with E-state index in [-0.39, 0.29) is 5.82 Å². The number of hydrogen-bond donors (Lipinski definition) is 1. The van der Waals surface area contributed by atoms with Crippen molar-refractivity contribution in [1.29, 1.82) is 0 Å². The van der Waals surface area contributed by atoms with Crippen LogP contribution in [0.15, 0.2) is 24.3 Å². The van der Waals surface area contributed by atoms with Crippen LogP contribution in [0.3, 0.4) is 0 Å². The fourth-order valence-electron chi connectivity index (χ4n) is 1.89. The third-order valence-electron chi connectivity index (χ3n) is 2.63. The summed E-state index contributed by atoms with van der Waals surface area (Å²) in [7, 11) is 0. The van der Waals surface area contributed by atoms with E-state index >= 15 is 0 Å². The fraction of sp³-hybridized carbons (Fsp3) is 0.500. The summed E-state index contributed by atoms with van der Waals surface area (Å²) in [5.74, 6) is -0.218. The van der Waals surface area contributed by atoms with Crippen LogP contribution in [-0.2, 0) is 11.3 Å². The van der Waals surface area contributed by atoms with Crippen LogP contribution in [0.1, 0.15) is 5.56 Å². The Morgan fingerprint density at radius 2 is 2.38 bits per heavy atom. The predicted octanol–water partition coefficient (Wildman–Crippen LogP) is 1.02. The Hall–Kier alpha value is -0.970. The lowest BCUT2D eigenvalue weighted by Gasteiger charge is -2.20. The molecule has 1 atom stereocenters. The largest absolute Gasteiger partial charge is 0.389 e. The van der Waals surface area contributed by atoms with Gasteiger partial charge in [0.1, 0.15) is 5.82 Å². The average Bonchev–Trinajstić information content (AvgIpc) is 2.43. The molecule has 0 radical (unpaired) electrons. The first kappa shape index (κ1) is 11.5. The molecule has 16 heavy (non-hydrogen) atoms. The van der Waals surface area contributed by atoms with E-state index in [1.807, 2.05) is 6.07 Å². The van der Waals surface area contributed by atoms with Gasteiger partial charge in [-0.3, -0.25) is 4.90 Å². The second-order valence-corrected chi connectivity index (χ2v) is 4.09. The Bertz CT molecular complexity index is 346. The molecule has 0 saturated carbocycles. The first-order valence-corrected chi connectivity index (χ1v) is 5.46. The Morgan fingerprint density at radius 3 is 3.19 bits per heavy atom. The summed E-state index contributed by atoms with van der Waals surface area (Å²) in [5, 5.41) is 9.55. The van der Waals surface area contributed by atoms with Crippen LogP contribution in [-0.4, -0.2) is 42.4 Å². The van der Waals surface area contributed by atoms with Gasteiger partial charge in [-0.25, -0.2) is 4.39 Å². The van der Waals surface area contributed by atoms with Gasteiger partial charge in [-0.15, -0.1) is 0 Å². The Labute approximate surface area is 94.4 Å². The predicted molar refractivity (Wildman–Crippen MR) is 58.5 cm³/mol. The van der Waals surface area contributed by atoms with Crippen LogP contribution in [0.5, 0.6) is 0 Å². The zero-order valence-electron chi connectivity index (χ0n) is 9.10. The van der Waals surface area contributed by atoms with Crippen molar-refractivity contribution in [3.05, 3.63) is 35.6 Å². The van der Waals surface area contributed by atoms with Crippen molar-refractivity contribution in [2.75, 3.05) is 26.3 Å². The van der Waals surface area contributed by atoms with E-state index in [9.17, 15) is 9.50 Å². The number of β-amino-alcohol motifs (C(OH)–C–C–N with tert-alkyl or cyclic N) is 1. The Balaban J connectivity index is 1.97. The third kappa shape index (κ3) is 3.27. The molecule has 1 aliphatic rings.